The van der Waals surface area contributed by atoms with Crippen LogP contribution < -0.4 is 0 Å². The van der Waals surface area contributed by atoms with Gasteiger partial charge >= 0.3 is 5.97 Å². The van der Waals surface area contributed by atoms with Crippen molar-refractivity contribution < 1.29 is 14.7 Å². The molecule has 0 fully saturated rings. The molecule has 0 aliphatic heterocycles. The van der Waals surface area contributed by atoms with Crippen LogP contribution in [0.25, 0.3) is 6.08 Å². The van der Waals surface area contributed by atoms with E-state index in [4.69, 9.17) is 5.11 Å². The second-order valence-electron chi connectivity index (χ2n) is 4.33. The van der Waals surface area contributed by atoms with Gasteiger partial charge in [0.1, 0.15) is 0 Å². The molecule has 0 radical (unpaired) electrons. The molecule has 3 heteroatoms. The molecule has 1 aromatic rings. The summed E-state index contributed by atoms with van der Waals surface area (Å²) in [5.41, 5.74) is 2.97. The Hall–Kier alpha value is -1.90. The summed E-state index contributed by atoms with van der Waals surface area (Å²) in [5.74, 6) is -0.726. The summed E-state index contributed by atoms with van der Waals surface area (Å²) in [4.78, 5) is 22.3. The average Bonchev–Trinajstić information content (AvgIpc) is 2.29. The number of carbonyl (C=O) groups is 2. The molecule has 0 atom stereocenters. The SMILES string of the molecule is CC(=Cc1ccc2c(c1)CCCC2=O)C(=O)O. The maximum Gasteiger partial charge on any atom is 0.331 e. The number of hydrogen-bond acceptors (Lipinski definition) is 2. The van der Waals surface area contributed by atoms with Crippen molar-refractivity contribution in [2.75, 3.05) is 0 Å². The number of Topliss-reactive ketones (excluding diaryl/α,β-unsaturated/α-hetero) is 1. The number of benzene rings is 1. The molecule has 1 aliphatic carbocycles. The highest BCUT2D eigenvalue weighted by Gasteiger charge is 2.16. The van der Waals surface area contributed by atoms with Crippen LogP contribution in [0.15, 0.2) is 23.8 Å². The summed E-state index contributed by atoms with van der Waals surface area (Å²) < 4.78 is 0. The molecule has 0 saturated carbocycles. The van der Waals surface area contributed by atoms with E-state index in [1.165, 1.54) is 0 Å². The first-order chi connectivity index (χ1) is 8.08. The molecular formula is C14H14O3. The molecule has 0 unspecified atom stereocenters. The Bertz CT molecular complexity index is 512. The summed E-state index contributed by atoms with van der Waals surface area (Å²) in [6, 6.07) is 5.52. The molecule has 3 nitrogen and oxygen atoms in total. The minimum Gasteiger partial charge on any atom is -0.478 e. The molecule has 1 N–H and O–H groups in total. The van der Waals surface area contributed by atoms with E-state index in [0.29, 0.717) is 12.0 Å². The van der Waals surface area contributed by atoms with Gasteiger partial charge in [0.2, 0.25) is 0 Å². The largest absolute Gasteiger partial charge is 0.478 e. The topological polar surface area (TPSA) is 54.4 Å². The van der Waals surface area contributed by atoms with E-state index in [9.17, 15) is 9.59 Å². The van der Waals surface area contributed by atoms with Gasteiger partial charge in [-0.1, -0.05) is 18.2 Å². The first-order valence-electron chi connectivity index (χ1n) is 5.65. The highest BCUT2D eigenvalue weighted by molar-refractivity contribution is 5.99. The second kappa shape index (κ2) is 4.53. The van der Waals surface area contributed by atoms with Crippen LogP contribution in [-0.2, 0) is 11.2 Å². The zero-order valence-corrected chi connectivity index (χ0v) is 9.69. The van der Waals surface area contributed by atoms with Gasteiger partial charge in [0, 0.05) is 17.6 Å². The third-order valence-electron chi connectivity index (χ3n) is 3.00. The van der Waals surface area contributed by atoms with Crippen LogP contribution in [0, 0.1) is 0 Å². The van der Waals surface area contributed by atoms with Crippen LogP contribution in [0.2, 0.25) is 0 Å². The second-order valence-corrected chi connectivity index (χ2v) is 4.33. The van der Waals surface area contributed by atoms with Gasteiger partial charge in [-0.2, -0.15) is 0 Å². The maximum atomic E-state index is 11.6. The van der Waals surface area contributed by atoms with Crippen molar-refractivity contribution >= 4 is 17.8 Å². The Morgan fingerprint density at radius 2 is 2.12 bits per heavy atom. The first-order valence-corrected chi connectivity index (χ1v) is 5.65. The van der Waals surface area contributed by atoms with E-state index in [0.717, 1.165) is 29.5 Å². The van der Waals surface area contributed by atoms with E-state index < -0.39 is 5.97 Å². The Kier molecular flexibility index (Phi) is 3.09. The van der Waals surface area contributed by atoms with E-state index in [1.807, 2.05) is 6.07 Å². The maximum absolute atomic E-state index is 11.6. The van der Waals surface area contributed by atoms with Crippen molar-refractivity contribution in [1.82, 2.24) is 0 Å². The summed E-state index contributed by atoms with van der Waals surface area (Å²) in [5, 5.41) is 8.80. The normalized spacial score (nSPS) is 15.6. The molecule has 17 heavy (non-hydrogen) atoms. The lowest BCUT2D eigenvalue weighted by molar-refractivity contribution is -0.132. The number of aryl methyl sites for hydroxylation is 1. The molecule has 1 aliphatic rings. The third kappa shape index (κ3) is 2.44. The van der Waals surface area contributed by atoms with E-state index in [2.05, 4.69) is 0 Å². The van der Waals surface area contributed by atoms with Crippen molar-refractivity contribution in [3.05, 3.63) is 40.5 Å². The van der Waals surface area contributed by atoms with Crippen LogP contribution in [0.3, 0.4) is 0 Å². The lowest BCUT2D eigenvalue weighted by Gasteiger charge is -2.14. The van der Waals surface area contributed by atoms with Crippen LogP contribution >= 0.6 is 0 Å². The number of carboxylic acid groups (broad SMARTS) is 1. The van der Waals surface area contributed by atoms with Gasteiger partial charge in [-0.05, 0) is 37.0 Å². The molecule has 0 heterocycles. The number of carbonyl (C=O) groups excluding carboxylic acids is 1. The minimum absolute atomic E-state index is 0.191. The summed E-state index contributed by atoms with van der Waals surface area (Å²) in [6.45, 7) is 1.56. The van der Waals surface area contributed by atoms with Crippen molar-refractivity contribution in [3.8, 4) is 0 Å². The molecule has 88 valence electrons. The van der Waals surface area contributed by atoms with Gasteiger partial charge in [-0.25, -0.2) is 4.79 Å². The number of hydrogen-bond donors (Lipinski definition) is 1. The Morgan fingerprint density at radius 1 is 1.35 bits per heavy atom. The molecular weight excluding hydrogens is 216 g/mol. The minimum atomic E-state index is -0.918. The fraction of sp³-hybridized carbons (Fsp3) is 0.286. The summed E-state index contributed by atoms with van der Waals surface area (Å²) in [6.07, 6.45) is 4.03. The molecule has 0 amide bonds. The standard InChI is InChI=1S/C14H14O3/c1-9(14(16)17)7-10-5-6-12-11(8-10)3-2-4-13(12)15/h5-8H,2-4H2,1H3,(H,16,17). The van der Waals surface area contributed by atoms with Gasteiger partial charge in [0.05, 0.1) is 0 Å². The highest BCUT2D eigenvalue weighted by atomic mass is 16.4. The van der Waals surface area contributed by atoms with Crippen molar-refractivity contribution in [1.29, 1.82) is 0 Å². The van der Waals surface area contributed by atoms with Crippen LogP contribution in [0.5, 0.6) is 0 Å². The van der Waals surface area contributed by atoms with Gasteiger partial charge in [0.25, 0.3) is 0 Å². The van der Waals surface area contributed by atoms with Gasteiger partial charge in [0.15, 0.2) is 5.78 Å². The van der Waals surface area contributed by atoms with Crippen LogP contribution in [0.4, 0.5) is 0 Å². The van der Waals surface area contributed by atoms with Crippen molar-refractivity contribution in [2.24, 2.45) is 0 Å². The fourth-order valence-electron chi connectivity index (χ4n) is 2.07. The lowest BCUT2D eigenvalue weighted by Crippen LogP contribution is -2.10. The predicted molar refractivity (Wildman–Crippen MR) is 65.0 cm³/mol. The number of fused-ring (bicyclic) bond motifs is 1. The monoisotopic (exact) mass is 230 g/mol. The number of ketones is 1. The van der Waals surface area contributed by atoms with E-state index >= 15 is 0 Å². The van der Waals surface area contributed by atoms with Crippen molar-refractivity contribution in [3.63, 3.8) is 0 Å². The Balaban J connectivity index is 2.37. The Labute approximate surface area is 99.8 Å². The van der Waals surface area contributed by atoms with Crippen LogP contribution in [-0.4, -0.2) is 16.9 Å². The first kappa shape index (κ1) is 11.6. The van der Waals surface area contributed by atoms with E-state index in [-0.39, 0.29) is 5.78 Å². The third-order valence-corrected chi connectivity index (χ3v) is 3.00. The number of aliphatic carboxylic acids is 1. The summed E-state index contributed by atoms with van der Waals surface area (Å²) >= 11 is 0. The number of rotatable bonds is 2. The Morgan fingerprint density at radius 3 is 2.82 bits per heavy atom. The fourth-order valence-corrected chi connectivity index (χ4v) is 2.07. The zero-order chi connectivity index (χ0) is 12.4. The molecule has 0 spiro atoms. The lowest BCUT2D eigenvalue weighted by atomic mass is 9.89. The smallest absolute Gasteiger partial charge is 0.331 e. The zero-order valence-electron chi connectivity index (χ0n) is 9.69. The quantitative estimate of drug-likeness (QED) is 0.795. The molecule has 0 bridgehead atoms. The van der Waals surface area contributed by atoms with E-state index in [1.54, 1.807) is 25.1 Å². The van der Waals surface area contributed by atoms with Gasteiger partial charge in [-0.15, -0.1) is 0 Å². The van der Waals surface area contributed by atoms with Gasteiger partial charge < -0.3 is 5.11 Å². The van der Waals surface area contributed by atoms with Crippen LogP contribution in [0.1, 0.15) is 41.3 Å². The number of carboxylic acids is 1. The molecule has 2 rings (SSSR count). The van der Waals surface area contributed by atoms with Gasteiger partial charge in [-0.3, -0.25) is 4.79 Å². The predicted octanol–water partition coefficient (Wildman–Crippen LogP) is 2.69. The molecule has 1 aromatic carbocycles. The molecule has 0 saturated heterocycles. The van der Waals surface area contributed by atoms with Crippen molar-refractivity contribution in [2.45, 2.75) is 26.2 Å². The average molecular weight is 230 g/mol. The summed E-state index contributed by atoms with van der Waals surface area (Å²) in [7, 11) is 0. The molecule has 0 aromatic heterocycles. The highest BCUT2D eigenvalue weighted by Crippen LogP contribution is 2.23.